The van der Waals surface area contributed by atoms with Crippen LogP contribution >= 0.6 is 11.6 Å². The maximum Gasteiger partial charge on any atom is 0.264 e. The molecule has 4 rings (SSSR count). The van der Waals surface area contributed by atoms with Gasteiger partial charge in [-0.3, -0.25) is 9.10 Å². The lowest BCUT2D eigenvalue weighted by Crippen LogP contribution is -2.47. The number of halogens is 1. The van der Waals surface area contributed by atoms with Crippen LogP contribution in [0.3, 0.4) is 0 Å². The van der Waals surface area contributed by atoms with E-state index in [2.05, 4.69) is 19.2 Å². The number of fused-ring (bicyclic) bond motifs is 1. The number of hydrogen-bond donors (Lipinski definition) is 1. The van der Waals surface area contributed by atoms with Crippen LogP contribution in [0.1, 0.15) is 50.3 Å². The van der Waals surface area contributed by atoms with Crippen LogP contribution in [-0.2, 0) is 14.8 Å². The second kappa shape index (κ2) is 10.5. The van der Waals surface area contributed by atoms with E-state index >= 15 is 0 Å². The summed E-state index contributed by atoms with van der Waals surface area (Å²) in [6.45, 7) is 5.62. The smallest absolute Gasteiger partial charge is 0.264 e. The maximum absolute atomic E-state index is 13.7. The van der Waals surface area contributed by atoms with Crippen LogP contribution in [-0.4, -0.2) is 26.5 Å². The van der Waals surface area contributed by atoms with Crippen molar-refractivity contribution in [1.29, 1.82) is 0 Å². The first kappa shape index (κ1) is 26.0. The van der Waals surface area contributed by atoms with Gasteiger partial charge >= 0.3 is 0 Å². The molecule has 6 nitrogen and oxygen atoms in total. The average molecular weight is 527 g/mol. The van der Waals surface area contributed by atoms with Crippen LogP contribution in [0.25, 0.3) is 0 Å². The van der Waals surface area contributed by atoms with Gasteiger partial charge in [-0.25, -0.2) is 8.42 Å². The Kier molecular flexibility index (Phi) is 7.62. The molecule has 0 saturated carbocycles. The van der Waals surface area contributed by atoms with E-state index in [9.17, 15) is 13.2 Å². The Morgan fingerprint density at radius 1 is 1.03 bits per heavy atom. The van der Waals surface area contributed by atoms with E-state index < -0.39 is 21.5 Å². The van der Waals surface area contributed by atoms with Gasteiger partial charge in [-0.15, -0.1) is 0 Å². The van der Waals surface area contributed by atoms with Gasteiger partial charge in [0, 0.05) is 17.0 Å². The SMILES string of the molecule is CCC1(CC)C[C@H](NC(=O)CN(c2ccccc2C)S(=O)(=O)c2ccc(Cl)cc2)c2ccccc2O1. The van der Waals surface area contributed by atoms with Gasteiger partial charge in [0.05, 0.1) is 16.6 Å². The number of rotatable bonds is 8. The molecule has 190 valence electrons. The van der Waals surface area contributed by atoms with Crippen molar-refractivity contribution in [3.05, 3.63) is 88.9 Å². The highest BCUT2D eigenvalue weighted by Gasteiger charge is 2.39. The van der Waals surface area contributed by atoms with Crippen molar-refractivity contribution < 1.29 is 17.9 Å². The molecule has 1 aliphatic heterocycles. The number of hydrogen-bond acceptors (Lipinski definition) is 4. The highest BCUT2D eigenvalue weighted by atomic mass is 35.5. The van der Waals surface area contributed by atoms with Crippen LogP contribution in [0.15, 0.2) is 77.7 Å². The van der Waals surface area contributed by atoms with E-state index in [0.717, 1.165) is 29.7 Å². The van der Waals surface area contributed by atoms with E-state index in [1.165, 1.54) is 28.6 Å². The van der Waals surface area contributed by atoms with Crippen LogP contribution in [0.4, 0.5) is 5.69 Å². The average Bonchev–Trinajstić information content (AvgIpc) is 2.88. The summed E-state index contributed by atoms with van der Waals surface area (Å²) in [6, 6.07) is 20.5. The van der Waals surface area contributed by atoms with Gasteiger partial charge in [0.1, 0.15) is 17.9 Å². The van der Waals surface area contributed by atoms with Crippen LogP contribution in [0.2, 0.25) is 5.02 Å². The van der Waals surface area contributed by atoms with E-state index in [-0.39, 0.29) is 17.5 Å². The molecule has 0 fully saturated rings. The van der Waals surface area contributed by atoms with Gasteiger partial charge in [-0.2, -0.15) is 0 Å². The molecule has 1 atom stereocenters. The van der Waals surface area contributed by atoms with Crippen LogP contribution < -0.4 is 14.4 Å². The zero-order valence-electron chi connectivity index (χ0n) is 20.7. The predicted molar refractivity (Wildman–Crippen MR) is 143 cm³/mol. The second-order valence-corrected chi connectivity index (χ2v) is 11.4. The molecular formula is C28H31ClN2O4S. The van der Waals surface area contributed by atoms with Crippen molar-refractivity contribution in [3.63, 3.8) is 0 Å². The molecule has 0 unspecified atom stereocenters. The lowest BCUT2D eigenvalue weighted by molar-refractivity contribution is -0.121. The van der Waals surface area contributed by atoms with E-state index in [1.54, 1.807) is 12.1 Å². The first-order valence-corrected chi connectivity index (χ1v) is 13.9. The quantitative estimate of drug-likeness (QED) is 0.388. The Morgan fingerprint density at radius 3 is 2.33 bits per heavy atom. The molecule has 3 aromatic rings. The first-order chi connectivity index (χ1) is 17.2. The first-order valence-electron chi connectivity index (χ1n) is 12.1. The summed E-state index contributed by atoms with van der Waals surface area (Å²) in [5.74, 6) is 0.362. The standard InChI is InChI=1S/C28H31ClN2O4S/c1-4-28(5-2)18-24(23-11-7-9-13-26(23)35-28)30-27(32)19-31(25-12-8-6-10-20(25)3)36(33,34)22-16-14-21(29)15-17-22/h6-17,24H,4-5,18-19H2,1-3H3,(H,30,32)/t24-/m0/s1. The molecule has 3 aromatic carbocycles. The molecule has 0 bridgehead atoms. The molecule has 0 saturated heterocycles. The number of nitrogens with zero attached hydrogens (tertiary/aromatic N) is 1. The molecule has 0 spiro atoms. The van der Waals surface area contributed by atoms with Crippen molar-refractivity contribution in [3.8, 4) is 5.75 Å². The van der Waals surface area contributed by atoms with Gasteiger partial charge in [-0.05, 0) is 61.7 Å². The van der Waals surface area contributed by atoms with Crippen molar-refractivity contribution in [1.82, 2.24) is 5.32 Å². The molecule has 0 aromatic heterocycles. The Bertz CT molecular complexity index is 1340. The number of anilines is 1. The van der Waals surface area contributed by atoms with E-state index in [1.807, 2.05) is 43.3 Å². The van der Waals surface area contributed by atoms with Gasteiger partial charge in [0.25, 0.3) is 10.0 Å². The maximum atomic E-state index is 13.7. The molecule has 1 heterocycles. The van der Waals surface area contributed by atoms with Crippen molar-refractivity contribution in [2.45, 2.75) is 56.6 Å². The van der Waals surface area contributed by atoms with Gasteiger partial charge in [0.15, 0.2) is 0 Å². The zero-order chi connectivity index (χ0) is 25.9. The topological polar surface area (TPSA) is 75.7 Å². The fourth-order valence-corrected chi connectivity index (χ4v) is 6.29. The van der Waals surface area contributed by atoms with E-state index in [0.29, 0.717) is 17.1 Å². The number of carbonyl (C=O) groups excluding carboxylic acids is 1. The Balaban J connectivity index is 1.66. The summed E-state index contributed by atoms with van der Waals surface area (Å²) in [6.07, 6.45) is 2.20. The number of nitrogens with one attached hydrogen (secondary N) is 1. The monoisotopic (exact) mass is 526 g/mol. The molecule has 1 amide bonds. The predicted octanol–water partition coefficient (Wildman–Crippen LogP) is 6.04. The minimum atomic E-state index is -4.03. The zero-order valence-corrected chi connectivity index (χ0v) is 22.3. The second-order valence-electron chi connectivity index (χ2n) is 9.11. The number of amides is 1. The molecule has 1 aliphatic rings. The summed E-state index contributed by atoms with van der Waals surface area (Å²) < 4.78 is 34.9. The Labute approximate surface area is 218 Å². The minimum absolute atomic E-state index is 0.0651. The lowest BCUT2D eigenvalue weighted by atomic mass is 9.83. The number of para-hydroxylation sites is 2. The minimum Gasteiger partial charge on any atom is -0.487 e. The van der Waals surface area contributed by atoms with E-state index in [4.69, 9.17) is 16.3 Å². The van der Waals surface area contributed by atoms with Gasteiger partial charge in [0.2, 0.25) is 5.91 Å². The summed E-state index contributed by atoms with van der Waals surface area (Å²) in [7, 11) is -4.03. The fraction of sp³-hybridized carbons (Fsp3) is 0.321. The Morgan fingerprint density at radius 2 is 1.67 bits per heavy atom. The fourth-order valence-electron chi connectivity index (χ4n) is 4.68. The molecular weight excluding hydrogens is 496 g/mol. The molecule has 36 heavy (non-hydrogen) atoms. The molecule has 0 aliphatic carbocycles. The third-order valence-corrected chi connectivity index (χ3v) is 8.92. The lowest BCUT2D eigenvalue weighted by Gasteiger charge is -2.41. The molecule has 8 heteroatoms. The van der Waals surface area contributed by atoms with Crippen molar-refractivity contribution >= 4 is 33.2 Å². The Hall–Kier alpha value is -3.03. The van der Waals surface area contributed by atoms with Gasteiger partial charge in [-0.1, -0.05) is 61.8 Å². The van der Waals surface area contributed by atoms with Crippen LogP contribution in [0, 0.1) is 6.92 Å². The van der Waals surface area contributed by atoms with Crippen molar-refractivity contribution in [2.75, 3.05) is 10.8 Å². The van der Waals surface area contributed by atoms with Gasteiger partial charge < -0.3 is 10.1 Å². The summed E-state index contributed by atoms with van der Waals surface area (Å²) in [5, 5.41) is 3.54. The number of aryl methyl sites for hydroxylation is 1. The summed E-state index contributed by atoms with van der Waals surface area (Å²) >= 11 is 5.98. The summed E-state index contributed by atoms with van der Waals surface area (Å²) in [4.78, 5) is 13.5. The number of carbonyl (C=O) groups is 1. The number of sulfonamides is 1. The molecule has 1 N–H and O–H groups in total. The number of ether oxygens (including phenoxy) is 1. The van der Waals surface area contributed by atoms with Crippen molar-refractivity contribution in [2.24, 2.45) is 0 Å². The highest BCUT2D eigenvalue weighted by molar-refractivity contribution is 7.92. The number of benzene rings is 3. The van der Waals surface area contributed by atoms with Crippen LogP contribution in [0.5, 0.6) is 5.75 Å². The highest BCUT2D eigenvalue weighted by Crippen LogP contribution is 2.42. The third kappa shape index (κ3) is 5.22. The third-order valence-electron chi connectivity index (χ3n) is 6.89. The summed E-state index contributed by atoms with van der Waals surface area (Å²) in [5.41, 5.74) is 1.70. The normalized spacial score (nSPS) is 16.5. The molecule has 0 radical (unpaired) electrons. The largest absolute Gasteiger partial charge is 0.487 e.